The molecule has 3 rings (SSSR count). The van der Waals surface area contributed by atoms with Crippen molar-refractivity contribution >= 4 is 28.2 Å². The largest absolute Gasteiger partial charge is 0.724 e. The first-order valence-corrected chi connectivity index (χ1v) is 18.0. The second kappa shape index (κ2) is 18.7. The van der Waals surface area contributed by atoms with E-state index in [0.29, 0.717) is 16.3 Å². The SMILES string of the molecule is CCCC[N+](CCCC)(CCCC)CCCC.CN/C(=N\OC(=O)C(C)(C)C)[C@@H]1c2c(cnn2C)[C@@H]2CN1C(=O)N2OS(=O)(=O)[O-].O. The van der Waals surface area contributed by atoms with E-state index in [4.69, 9.17) is 4.84 Å². The Morgan fingerprint density at radius 1 is 1.04 bits per heavy atom. The minimum atomic E-state index is -5.17. The molecule has 2 bridgehead atoms. The molecule has 0 radical (unpaired) electrons. The van der Waals surface area contributed by atoms with Gasteiger partial charge in [-0.05, 0) is 46.5 Å². The summed E-state index contributed by atoms with van der Waals surface area (Å²) in [5, 5.41) is 11.3. The van der Waals surface area contributed by atoms with Gasteiger partial charge in [-0.2, -0.15) is 14.4 Å². The molecule has 1 aromatic heterocycles. The number of rotatable bonds is 16. The molecule has 2 amide bonds. The average molecular weight is 690 g/mol. The summed E-state index contributed by atoms with van der Waals surface area (Å²) in [6, 6.07) is -2.57. The maximum Gasteiger partial charge on any atom is 0.346 e. The van der Waals surface area contributed by atoms with Gasteiger partial charge in [-0.25, -0.2) is 18.0 Å². The van der Waals surface area contributed by atoms with Crippen LogP contribution in [0.4, 0.5) is 4.79 Å². The fraction of sp³-hybridized carbons (Fsp3) is 0.806. The number of urea groups is 1. The molecule has 0 saturated carbocycles. The maximum atomic E-state index is 12.8. The van der Waals surface area contributed by atoms with Crippen molar-refractivity contribution in [3.05, 3.63) is 17.5 Å². The standard InChI is InChI=1S/C16H36N.C15H22N6O7S.H2O/c1-5-9-13-17(14-10-6-2,15-11-7-3)16-12-8-4;1-15(2,3)13(22)27-18-12(16-4)11-10-8(6-17-19(10)5)9-7-20(11)14(23)21(9)28-29(24,25)26;/h5-16H2,1-4H3;6,9,11H,7H2,1-5H3,(H,16,18)(H,24,25,26);1H2/q+1;;/p-1/t;9-,11-;/m.0./s1. The van der Waals surface area contributed by atoms with Gasteiger partial charge in [0, 0.05) is 19.7 Å². The van der Waals surface area contributed by atoms with E-state index in [1.54, 1.807) is 27.8 Å². The third-order valence-electron chi connectivity index (χ3n) is 8.50. The van der Waals surface area contributed by atoms with Gasteiger partial charge >= 0.3 is 12.0 Å². The lowest BCUT2D eigenvalue weighted by atomic mass is 9.97. The number of carbonyl (C=O) groups excluding carboxylic acids is 2. The Morgan fingerprint density at radius 3 is 1.94 bits per heavy atom. The predicted octanol–water partition coefficient (Wildman–Crippen LogP) is 3.95. The molecule has 1 fully saturated rings. The molecule has 2 aliphatic rings. The normalized spacial score (nSPS) is 17.9. The van der Waals surface area contributed by atoms with Crippen LogP contribution in [-0.2, 0) is 31.4 Å². The summed E-state index contributed by atoms with van der Waals surface area (Å²) in [6.07, 6.45) is 12.5. The van der Waals surface area contributed by atoms with Crippen molar-refractivity contribution in [2.45, 2.75) is 112 Å². The van der Waals surface area contributed by atoms with Crippen LogP contribution in [0.5, 0.6) is 0 Å². The molecule has 0 spiro atoms. The fourth-order valence-electron chi connectivity index (χ4n) is 5.81. The zero-order valence-electron chi connectivity index (χ0n) is 29.9. The van der Waals surface area contributed by atoms with E-state index in [-0.39, 0.29) is 17.9 Å². The second-order valence-corrected chi connectivity index (χ2v) is 14.2. The summed E-state index contributed by atoms with van der Waals surface area (Å²) in [6.45, 7) is 20.0. The number of hydroxylamine groups is 2. The van der Waals surface area contributed by atoms with Crippen molar-refractivity contribution < 1.29 is 41.6 Å². The van der Waals surface area contributed by atoms with E-state index in [2.05, 4.69) is 47.5 Å². The summed E-state index contributed by atoms with van der Waals surface area (Å²) in [4.78, 5) is 31.1. The second-order valence-electron chi connectivity index (χ2n) is 13.3. The van der Waals surface area contributed by atoms with Crippen LogP contribution in [0.25, 0.3) is 0 Å². The van der Waals surface area contributed by atoms with E-state index in [9.17, 15) is 22.6 Å². The van der Waals surface area contributed by atoms with Gasteiger partial charge < -0.3 is 29.6 Å². The molecular weight excluding hydrogens is 630 g/mol. The fourth-order valence-corrected chi connectivity index (χ4v) is 6.17. The number of hydrogen-bond donors (Lipinski definition) is 1. The Kier molecular flexibility index (Phi) is 16.8. The number of carbonyl (C=O) groups is 2. The summed E-state index contributed by atoms with van der Waals surface area (Å²) >= 11 is 0. The molecule has 2 aliphatic heterocycles. The highest BCUT2D eigenvalue weighted by Crippen LogP contribution is 2.44. The summed E-state index contributed by atoms with van der Waals surface area (Å²) in [5.74, 6) is -0.467. The minimum Gasteiger partial charge on any atom is -0.724 e. The molecule has 1 aromatic rings. The number of aryl methyl sites for hydroxylation is 1. The number of amidine groups is 1. The van der Waals surface area contributed by atoms with Gasteiger partial charge in [-0.1, -0.05) is 58.5 Å². The highest BCUT2D eigenvalue weighted by Gasteiger charge is 2.53. The maximum absolute atomic E-state index is 12.8. The number of quaternary nitrogens is 1. The number of amides is 2. The lowest BCUT2D eigenvalue weighted by Crippen LogP contribution is -2.50. The highest BCUT2D eigenvalue weighted by atomic mass is 32.3. The Labute approximate surface area is 281 Å². The molecule has 16 heteroatoms. The van der Waals surface area contributed by atoms with Crippen LogP contribution in [0.2, 0.25) is 0 Å². The van der Waals surface area contributed by atoms with Crippen LogP contribution in [0.15, 0.2) is 11.4 Å². The zero-order chi connectivity index (χ0) is 34.7. The number of hydrogen-bond acceptors (Lipinski definition) is 9. The van der Waals surface area contributed by atoms with E-state index in [1.165, 1.54) is 105 Å². The molecule has 47 heavy (non-hydrogen) atoms. The molecule has 0 aliphatic carbocycles. The third-order valence-corrected chi connectivity index (χ3v) is 8.84. The number of nitrogens with zero attached hydrogens (tertiary/aromatic N) is 6. The van der Waals surface area contributed by atoms with E-state index in [0.717, 1.165) is 0 Å². The number of oxime groups is 1. The van der Waals surface area contributed by atoms with E-state index in [1.807, 2.05) is 0 Å². The van der Waals surface area contributed by atoms with Gasteiger partial charge in [0.2, 0.25) is 10.4 Å². The van der Waals surface area contributed by atoms with Crippen LogP contribution in [0, 0.1) is 5.41 Å². The lowest BCUT2D eigenvalue weighted by Gasteiger charge is -2.39. The Balaban J connectivity index is 0.000000530. The minimum absolute atomic E-state index is 0. The number of likely N-dealkylation sites (N-methyl/N-ethyl adjacent to an activating group) is 1. The van der Waals surface area contributed by atoms with Crippen molar-refractivity contribution in [2.24, 2.45) is 17.6 Å². The van der Waals surface area contributed by atoms with Crippen LogP contribution in [0.1, 0.15) is 123 Å². The number of fused-ring (bicyclic) bond motifs is 4. The van der Waals surface area contributed by atoms with Crippen LogP contribution >= 0.6 is 0 Å². The van der Waals surface area contributed by atoms with Gasteiger partial charge in [0.05, 0.1) is 50.0 Å². The topological polar surface area (TPSA) is 190 Å². The average Bonchev–Trinajstić information content (AvgIpc) is 3.51. The van der Waals surface area contributed by atoms with Crippen LogP contribution < -0.4 is 5.32 Å². The Morgan fingerprint density at radius 2 is 1.53 bits per heavy atom. The molecular formula is C31H59N7O8S. The lowest BCUT2D eigenvalue weighted by molar-refractivity contribution is -0.929. The van der Waals surface area contributed by atoms with Gasteiger partial charge in [0.25, 0.3) is 0 Å². The molecule has 3 N–H and O–H groups in total. The molecule has 15 nitrogen and oxygen atoms in total. The van der Waals surface area contributed by atoms with Crippen molar-refractivity contribution in [1.82, 2.24) is 25.1 Å². The van der Waals surface area contributed by atoms with Gasteiger partial charge in [-0.3, -0.25) is 4.68 Å². The number of aromatic nitrogens is 2. The van der Waals surface area contributed by atoms with Crippen molar-refractivity contribution in [2.75, 3.05) is 39.8 Å². The van der Waals surface area contributed by atoms with E-state index >= 15 is 0 Å². The summed E-state index contributed by atoms with van der Waals surface area (Å²) in [5.41, 5.74) is 0.186. The third kappa shape index (κ3) is 11.4. The van der Waals surface area contributed by atoms with Crippen molar-refractivity contribution in [3.63, 3.8) is 0 Å². The Bertz CT molecular complexity index is 1240. The van der Waals surface area contributed by atoms with Gasteiger partial charge in [0.1, 0.15) is 12.1 Å². The first-order chi connectivity index (χ1) is 21.6. The monoisotopic (exact) mass is 689 g/mol. The molecule has 3 heterocycles. The molecule has 0 unspecified atom stereocenters. The smallest absolute Gasteiger partial charge is 0.346 e. The summed E-state index contributed by atoms with van der Waals surface area (Å²) < 4.78 is 40.5. The van der Waals surface area contributed by atoms with Crippen LogP contribution in [-0.4, -0.2) is 100 Å². The van der Waals surface area contributed by atoms with Crippen LogP contribution in [0.3, 0.4) is 0 Å². The number of unbranched alkanes of at least 4 members (excludes halogenated alkanes) is 4. The molecule has 1 saturated heterocycles. The van der Waals surface area contributed by atoms with Gasteiger partial charge in [0.15, 0.2) is 5.84 Å². The molecule has 2 atom stereocenters. The van der Waals surface area contributed by atoms with Crippen molar-refractivity contribution in [1.29, 1.82) is 0 Å². The first kappa shape index (κ1) is 42.2. The number of nitrogens with one attached hydrogen (secondary N) is 1. The van der Waals surface area contributed by atoms with Crippen molar-refractivity contribution in [3.8, 4) is 0 Å². The highest BCUT2D eigenvalue weighted by molar-refractivity contribution is 7.80. The zero-order valence-corrected chi connectivity index (χ0v) is 30.7. The van der Waals surface area contributed by atoms with E-state index < -0.39 is 39.9 Å². The quantitative estimate of drug-likeness (QED) is 0.0509. The predicted molar refractivity (Wildman–Crippen MR) is 178 cm³/mol. The first-order valence-electron chi connectivity index (χ1n) is 16.7. The van der Waals surface area contributed by atoms with Gasteiger partial charge in [-0.15, -0.1) is 0 Å². The Hall–Kier alpha value is -2.79. The molecule has 272 valence electrons. The molecule has 0 aromatic carbocycles. The summed E-state index contributed by atoms with van der Waals surface area (Å²) in [7, 11) is -2.01.